The van der Waals surface area contributed by atoms with Gasteiger partial charge in [0.1, 0.15) is 5.00 Å². The Hall–Kier alpha value is -2.99. The zero-order valence-electron chi connectivity index (χ0n) is 15.2. The molecule has 2 aromatic heterocycles. The summed E-state index contributed by atoms with van der Waals surface area (Å²) in [5, 5.41) is 14.3. The van der Waals surface area contributed by atoms with Crippen LogP contribution in [0.3, 0.4) is 0 Å². The van der Waals surface area contributed by atoms with Crippen molar-refractivity contribution in [3.8, 4) is 11.4 Å². The van der Waals surface area contributed by atoms with E-state index < -0.39 is 29.2 Å². The Kier molecular flexibility index (Phi) is 5.20. The van der Waals surface area contributed by atoms with Crippen molar-refractivity contribution >= 4 is 36.4 Å². The van der Waals surface area contributed by atoms with E-state index in [-0.39, 0.29) is 15.7 Å². The molecule has 0 fully saturated rings. The number of alkyl halides is 3. The van der Waals surface area contributed by atoms with Crippen molar-refractivity contribution < 1.29 is 21.6 Å². The van der Waals surface area contributed by atoms with E-state index in [9.17, 15) is 21.6 Å². The number of aromatic nitrogens is 4. The van der Waals surface area contributed by atoms with Crippen LogP contribution in [-0.2, 0) is 10.0 Å². The summed E-state index contributed by atoms with van der Waals surface area (Å²) in [5.41, 5.74) is 0.520. The molecule has 4 aromatic rings. The average molecular weight is 453 g/mol. The van der Waals surface area contributed by atoms with Gasteiger partial charge < -0.3 is 0 Å². The van der Waals surface area contributed by atoms with Crippen LogP contribution in [0, 0.1) is 0 Å². The van der Waals surface area contributed by atoms with Gasteiger partial charge in [-0.05, 0) is 47.0 Å². The lowest BCUT2D eigenvalue weighted by Crippen LogP contribution is -2.33. The Bertz CT molecular complexity index is 1220. The second-order valence-electron chi connectivity index (χ2n) is 6.32. The van der Waals surface area contributed by atoms with Crippen LogP contribution in [0.25, 0.3) is 21.5 Å². The van der Waals surface area contributed by atoms with Gasteiger partial charge >= 0.3 is 6.18 Å². The Balaban J connectivity index is 1.72. The molecule has 30 heavy (non-hydrogen) atoms. The summed E-state index contributed by atoms with van der Waals surface area (Å²) in [6.07, 6.45) is -5.76. The van der Waals surface area contributed by atoms with Gasteiger partial charge in [-0.2, -0.15) is 18.4 Å². The molecule has 0 spiro atoms. The summed E-state index contributed by atoms with van der Waals surface area (Å²) < 4.78 is 66.8. The van der Waals surface area contributed by atoms with E-state index in [1.807, 2.05) is 0 Å². The lowest BCUT2D eigenvalue weighted by atomic mass is 10.2. The summed E-state index contributed by atoms with van der Waals surface area (Å²) >= 11 is 1.13. The fourth-order valence-corrected chi connectivity index (χ4v) is 5.61. The first kappa shape index (κ1) is 20.3. The number of thiophene rings is 1. The van der Waals surface area contributed by atoms with Gasteiger partial charge in [0.05, 0.1) is 11.3 Å². The Labute approximate surface area is 173 Å². The van der Waals surface area contributed by atoms with Gasteiger partial charge in [-0.15, -0.1) is 21.5 Å². The highest BCUT2D eigenvalue weighted by molar-refractivity contribution is 7.93. The Morgan fingerprint density at radius 3 is 2.43 bits per heavy atom. The third kappa shape index (κ3) is 4.14. The van der Waals surface area contributed by atoms with Crippen LogP contribution in [0.4, 0.5) is 18.2 Å². The van der Waals surface area contributed by atoms with Crippen molar-refractivity contribution in [1.82, 2.24) is 20.6 Å². The summed E-state index contributed by atoms with van der Waals surface area (Å²) in [6, 6.07) is 14.3. The second-order valence-corrected chi connectivity index (χ2v) is 9.25. The molecule has 0 unspecified atom stereocenters. The number of halogens is 3. The van der Waals surface area contributed by atoms with E-state index >= 15 is 0 Å². The first-order valence-electron chi connectivity index (χ1n) is 8.66. The molecule has 2 aromatic carbocycles. The van der Waals surface area contributed by atoms with E-state index in [0.29, 0.717) is 5.56 Å². The van der Waals surface area contributed by atoms with Gasteiger partial charge in [-0.1, -0.05) is 18.2 Å². The van der Waals surface area contributed by atoms with Crippen LogP contribution in [-0.4, -0.2) is 41.8 Å². The molecular formula is C18H14F3N5O2S2. The lowest BCUT2D eigenvalue weighted by molar-refractivity contribution is -0.131. The summed E-state index contributed by atoms with van der Waals surface area (Å²) in [7, 11) is -4.23. The maximum absolute atomic E-state index is 13.2. The van der Waals surface area contributed by atoms with Gasteiger partial charge in [0.15, 0.2) is 0 Å². The Morgan fingerprint density at radius 1 is 1.07 bits per heavy atom. The number of benzene rings is 2. The molecular weight excluding hydrogens is 439 g/mol. The predicted octanol–water partition coefficient (Wildman–Crippen LogP) is 4.23. The topological polar surface area (TPSA) is 91.8 Å². The lowest BCUT2D eigenvalue weighted by Gasteiger charge is -2.23. The van der Waals surface area contributed by atoms with E-state index in [2.05, 4.69) is 20.6 Å². The van der Waals surface area contributed by atoms with Crippen LogP contribution >= 0.6 is 11.3 Å². The van der Waals surface area contributed by atoms with Crippen molar-refractivity contribution in [3.05, 3.63) is 54.6 Å². The monoisotopic (exact) mass is 453 g/mol. The van der Waals surface area contributed by atoms with Crippen molar-refractivity contribution in [2.24, 2.45) is 0 Å². The summed E-state index contributed by atoms with van der Waals surface area (Å²) in [6.45, 7) is -0.717. The minimum Gasteiger partial charge on any atom is -0.257 e. The third-order valence-corrected chi connectivity index (χ3v) is 7.38. The number of aromatic amines is 1. The van der Waals surface area contributed by atoms with Crippen LogP contribution in [0.15, 0.2) is 59.5 Å². The van der Waals surface area contributed by atoms with Crippen LogP contribution in [0.2, 0.25) is 0 Å². The average Bonchev–Trinajstić information content (AvgIpc) is 3.37. The minimum atomic E-state index is -4.49. The number of fused-ring (bicyclic) bond motifs is 1. The number of hydrogen-bond acceptors (Lipinski definition) is 6. The van der Waals surface area contributed by atoms with Crippen molar-refractivity contribution in [2.75, 3.05) is 10.8 Å². The van der Waals surface area contributed by atoms with E-state index in [0.717, 1.165) is 25.7 Å². The fourth-order valence-electron chi connectivity index (χ4n) is 2.86. The predicted molar refractivity (Wildman–Crippen MR) is 107 cm³/mol. The molecule has 0 aliphatic heterocycles. The summed E-state index contributed by atoms with van der Waals surface area (Å²) in [5.74, 6) is 0.275. The largest absolute Gasteiger partial charge is 0.390 e. The van der Waals surface area contributed by atoms with Gasteiger partial charge in [-0.3, -0.25) is 4.31 Å². The summed E-state index contributed by atoms with van der Waals surface area (Å²) in [4.78, 5) is -0.130. The zero-order valence-corrected chi connectivity index (χ0v) is 16.8. The molecule has 0 bridgehead atoms. The van der Waals surface area contributed by atoms with Crippen LogP contribution < -0.4 is 4.31 Å². The highest BCUT2D eigenvalue weighted by Crippen LogP contribution is 2.36. The molecule has 0 aliphatic carbocycles. The van der Waals surface area contributed by atoms with Crippen molar-refractivity contribution in [1.29, 1.82) is 0 Å². The molecule has 0 amide bonds. The molecule has 12 heteroatoms. The minimum absolute atomic E-state index is 0.130. The number of sulfonamides is 1. The maximum Gasteiger partial charge on any atom is 0.390 e. The number of hydrogen-bond donors (Lipinski definition) is 1. The van der Waals surface area contributed by atoms with E-state index in [1.54, 1.807) is 30.3 Å². The van der Waals surface area contributed by atoms with Crippen LogP contribution in [0.5, 0.6) is 0 Å². The van der Waals surface area contributed by atoms with E-state index in [1.165, 1.54) is 24.3 Å². The second kappa shape index (κ2) is 7.69. The number of rotatable bonds is 6. The molecule has 0 radical (unpaired) electrons. The first-order valence-corrected chi connectivity index (χ1v) is 10.9. The van der Waals surface area contributed by atoms with Crippen molar-refractivity contribution in [2.45, 2.75) is 17.5 Å². The fraction of sp³-hybridized carbons (Fsp3) is 0.167. The number of tetrazole rings is 1. The normalized spacial score (nSPS) is 12.4. The maximum atomic E-state index is 13.2. The molecule has 4 rings (SSSR count). The molecule has 2 heterocycles. The van der Waals surface area contributed by atoms with Crippen molar-refractivity contribution in [3.63, 3.8) is 0 Å². The first-order chi connectivity index (χ1) is 14.2. The molecule has 1 N–H and O–H groups in total. The van der Waals surface area contributed by atoms with Gasteiger partial charge in [0.25, 0.3) is 10.0 Å². The van der Waals surface area contributed by atoms with E-state index in [4.69, 9.17) is 0 Å². The Morgan fingerprint density at radius 2 is 1.80 bits per heavy atom. The number of nitrogens with zero attached hydrogens (tertiary/aromatic N) is 4. The SMILES string of the molecule is O=S(=O)(c1ccc(-c2nn[nH]n2)cc1)N(CCC(F)(F)F)c1cc2ccccc2s1. The molecule has 0 atom stereocenters. The quantitative estimate of drug-likeness (QED) is 0.472. The molecule has 0 saturated heterocycles. The zero-order chi connectivity index (χ0) is 21.4. The molecule has 0 aliphatic rings. The van der Waals surface area contributed by atoms with Crippen LogP contribution in [0.1, 0.15) is 6.42 Å². The standard InChI is InChI=1S/C18H14F3N5O2S2/c19-18(20,21)9-10-26(16-11-13-3-1-2-4-15(13)29-16)30(27,28)14-7-5-12(6-8-14)17-22-24-25-23-17/h1-8,11H,9-10H2,(H,22,23,24,25). The smallest absolute Gasteiger partial charge is 0.257 e. The van der Waals surface area contributed by atoms with Gasteiger partial charge in [0, 0.05) is 16.8 Å². The number of H-pyrrole nitrogens is 1. The van der Waals surface area contributed by atoms with Gasteiger partial charge in [-0.25, -0.2) is 8.42 Å². The highest BCUT2D eigenvalue weighted by atomic mass is 32.2. The number of nitrogens with one attached hydrogen (secondary N) is 1. The molecule has 7 nitrogen and oxygen atoms in total. The highest BCUT2D eigenvalue weighted by Gasteiger charge is 2.33. The van der Waals surface area contributed by atoms with Gasteiger partial charge in [0.2, 0.25) is 5.82 Å². The number of anilines is 1. The molecule has 0 saturated carbocycles. The molecule has 156 valence electrons. The third-order valence-electron chi connectivity index (χ3n) is 4.30.